The number of nitrogens with zero attached hydrogens (tertiary/aromatic N) is 2. The maximum atomic E-state index is 12.6. The molecule has 3 nitrogen and oxygen atoms in total. The van der Waals surface area contributed by atoms with Crippen molar-refractivity contribution in [3.05, 3.63) is 47.9 Å². The minimum atomic E-state index is -4.29. The van der Waals surface area contributed by atoms with Gasteiger partial charge in [-0.2, -0.15) is 13.2 Å². The summed E-state index contributed by atoms with van der Waals surface area (Å²) in [6.45, 7) is 2.66. The Hall–Kier alpha value is -1.98. The Labute approximate surface area is 133 Å². The predicted octanol–water partition coefficient (Wildman–Crippen LogP) is 4.55. The second-order valence-corrected chi connectivity index (χ2v) is 6.23. The molecule has 0 saturated heterocycles. The first kappa shape index (κ1) is 15.9. The molecule has 2 aromatic rings. The molecule has 1 atom stereocenters. The molecule has 6 heteroatoms. The van der Waals surface area contributed by atoms with Crippen LogP contribution < -0.4 is 5.32 Å². The van der Waals surface area contributed by atoms with Crippen molar-refractivity contribution in [3.8, 4) is 0 Å². The monoisotopic (exact) mass is 323 g/mol. The van der Waals surface area contributed by atoms with Crippen LogP contribution in [0.1, 0.15) is 37.3 Å². The standard InChI is InChI=1S/C17H20F3N3/c1-12(14-3-2-4-14)22-16-9-21-11-23(16)10-13-5-7-15(8-6-13)17(18,19)20/h5-9,11-12,14,22H,2-4,10H2,1H3. The van der Waals surface area contributed by atoms with Crippen LogP contribution in [-0.2, 0) is 12.7 Å². The van der Waals surface area contributed by atoms with Crippen molar-refractivity contribution in [1.29, 1.82) is 0 Å². The fourth-order valence-electron chi connectivity index (χ4n) is 2.85. The van der Waals surface area contributed by atoms with Gasteiger partial charge >= 0.3 is 6.18 Å². The summed E-state index contributed by atoms with van der Waals surface area (Å²) in [4.78, 5) is 4.15. The van der Waals surface area contributed by atoms with Gasteiger partial charge in [0.25, 0.3) is 0 Å². The molecule has 0 spiro atoms. The van der Waals surface area contributed by atoms with Crippen molar-refractivity contribution in [2.45, 2.75) is 44.9 Å². The Kier molecular flexibility index (Phi) is 4.33. The average molecular weight is 323 g/mol. The van der Waals surface area contributed by atoms with E-state index in [1.807, 2.05) is 4.57 Å². The molecule has 0 amide bonds. The highest BCUT2D eigenvalue weighted by Gasteiger charge is 2.30. The van der Waals surface area contributed by atoms with E-state index in [4.69, 9.17) is 0 Å². The maximum absolute atomic E-state index is 12.6. The number of aromatic nitrogens is 2. The highest BCUT2D eigenvalue weighted by Crippen LogP contribution is 2.31. The summed E-state index contributed by atoms with van der Waals surface area (Å²) >= 11 is 0. The fraction of sp³-hybridized carbons (Fsp3) is 0.471. The number of nitrogens with one attached hydrogen (secondary N) is 1. The van der Waals surface area contributed by atoms with Gasteiger partial charge in [0.05, 0.1) is 24.6 Å². The summed E-state index contributed by atoms with van der Waals surface area (Å²) < 4.78 is 39.7. The molecule has 3 rings (SSSR count). The SMILES string of the molecule is CC(Nc1cncn1Cc1ccc(C(F)(F)F)cc1)C1CCC1. The lowest BCUT2D eigenvalue weighted by atomic mass is 9.80. The van der Waals surface area contributed by atoms with Crippen molar-refractivity contribution < 1.29 is 13.2 Å². The molecular formula is C17H20F3N3. The van der Waals surface area contributed by atoms with E-state index in [0.29, 0.717) is 18.5 Å². The summed E-state index contributed by atoms with van der Waals surface area (Å²) in [6, 6.07) is 5.66. The van der Waals surface area contributed by atoms with Gasteiger partial charge < -0.3 is 9.88 Å². The third-order valence-corrected chi connectivity index (χ3v) is 4.58. The highest BCUT2D eigenvalue weighted by molar-refractivity contribution is 5.36. The van der Waals surface area contributed by atoms with Gasteiger partial charge in [0, 0.05) is 6.04 Å². The van der Waals surface area contributed by atoms with Crippen LogP contribution in [0.3, 0.4) is 0 Å². The lowest BCUT2D eigenvalue weighted by molar-refractivity contribution is -0.137. The van der Waals surface area contributed by atoms with E-state index in [1.165, 1.54) is 31.4 Å². The highest BCUT2D eigenvalue weighted by atomic mass is 19.4. The van der Waals surface area contributed by atoms with Crippen LogP contribution in [-0.4, -0.2) is 15.6 Å². The Balaban J connectivity index is 1.67. The Morgan fingerprint density at radius 3 is 2.52 bits per heavy atom. The van der Waals surface area contributed by atoms with Crippen molar-refractivity contribution in [1.82, 2.24) is 9.55 Å². The number of halogens is 3. The second kappa shape index (κ2) is 6.26. The van der Waals surface area contributed by atoms with Crippen molar-refractivity contribution in [2.24, 2.45) is 5.92 Å². The number of alkyl halides is 3. The quantitative estimate of drug-likeness (QED) is 0.875. The molecule has 0 radical (unpaired) electrons. The first-order valence-electron chi connectivity index (χ1n) is 7.86. The van der Waals surface area contributed by atoms with Gasteiger partial charge in [0.15, 0.2) is 0 Å². The van der Waals surface area contributed by atoms with Gasteiger partial charge in [-0.1, -0.05) is 18.6 Å². The zero-order valence-electron chi connectivity index (χ0n) is 13.0. The Morgan fingerprint density at radius 2 is 1.96 bits per heavy atom. The first-order valence-corrected chi connectivity index (χ1v) is 7.86. The van der Waals surface area contributed by atoms with E-state index >= 15 is 0 Å². The van der Waals surface area contributed by atoms with Crippen LogP contribution in [0, 0.1) is 5.92 Å². The van der Waals surface area contributed by atoms with E-state index < -0.39 is 11.7 Å². The Bertz CT molecular complexity index is 642. The number of hydrogen-bond donors (Lipinski definition) is 1. The van der Waals surface area contributed by atoms with Crippen molar-refractivity contribution in [2.75, 3.05) is 5.32 Å². The summed E-state index contributed by atoms with van der Waals surface area (Å²) in [5.41, 5.74) is 0.194. The molecule has 23 heavy (non-hydrogen) atoms. The molecule has 124 valence electrons. The predicted molar refractivity (Wildman–Crippen MR) is 83.2 cm³/mol. The van der Waals surface area contributed by atoms with Gasteiger partial charge in [-0.05, 0) is 43.4 Å². The van der Waals surface area contributed by atoms with Crippen LogP contribution in [0.15, 0.2) is 36.8 Å². The lowest BCUT2D eigenvalue weighted by Crippen LogP contribution is -2.31. The summed E-state index contributed by atoms with van der Waals surface area (Å²) in [5, 5.41) is 3.47. The largest absolute Gasteiger partial charge is 0.416 e. The molecule has 1 aliphatic carbocycles. The number of hydrogen-bond acceptors (Lipinski definition) is 2. The average Bonchev–Trinajstić information content (AvgIpc) is 2.83. The van der Waals surface area contributed by atoms with Gasteiger partial charge in [-0.25, -0.2) is 4.98 Å². The maximum Gasteiger partial charge on any atom is 0.416 e. The number of benzene rings is 1. The smallest absolute Gasteiger partial charge is 0.367 e. The minimum Gasteiger partial charge on any atom is -0.367 e. The lowest BCUT2D eigenvalue weighted by Gasteiger charge is -2.32. The third-order valence-electron chi connectivity index (χ3n) is 4.58. The van der Waals surface area contributed by atoms with E-state index in [1.54, 1.807) is 12.5 Å². The van der Waals surface area contributed by atoms with E-state index in [-0.39, 0.29) is 0 Å². The fourth-order valence-corrected chi connectivity index (χ4v) is 2.85. The van der Waals surface area contributed by atoms with E-state index in [2.05, 4.69) is 17.2 Å². The molecule has 1 saturated carbocycles. The van der Waals surface area contributed by atoms with Crippen molar-refractivity contribution >= 4 is 5.82 Å². The zero-order valence-corrected chi connectivity index (χ0v) is 13.0. The summed E-state index contributed by atoms with van der Waals surface area (Å²) in [7, 11) is 0. The Morgan fingerprint density at radius 1 is 1.26 bits per heavy atom. The molecule has 1 aromatic carbocycles. The topological polar surface area (TPSA) is 29.9 Å². The van der Waals surface area contributed by atoms with Crippen LogP contribution in [0.2, 0.25) is 0 Å². The molecule has 1 aliphatic rings. The molecule has 1 fully saturated rings. The van der Waals surface area contributed by atoms with Gasteiger partial charge in [-0.15, -0.1) is 0 Å². The molecule has 1 unspecified atom stereocenters. The molecule has 0 aliphatic heterocycles. The number of anilines is 1. The third kappa shape index (κ3) is 3.68. The molecular weight excluding hydrogens is 303 g/mol. The molecule has 0 bridgehead atoms. The molecule has 1 N–H and O–H groups in total. The zero-order chi connectivity index (χ0) is 16.4. The number of rotatable bonds is 5. The van der Waals surface area contributed by atoms with E-state index in [0.717, 1.165) is 23.5 Å². The van der Waals surface area contributed by atoms with E-state index in [9.17, 15) is 13.2 Å². The van der Waals surface area contributed by atoms with Crippen molar-refractivity contribution in [3.63, 3.8) is 0 Å². The van der Waals surface area contributed by atoms with Crippen LogP contribution in [0.4, 0.5) is 19.0 Å². The van der Waals surface area contributed by atoms with Crippen LogP contribution >= 0.6 is 0 Å². The second-order valence-electron chi connectivity index (χ2n) is 6.23. The van der Waals surface area contributed by atoms with Gasteiger partial charge in [0.1, 0.15) is 5.82 Å². The normalized spacial score (nSPS) is 16.9. The summed E-state index contributed by atoms with van der Waals surface area (Å²) in [6.07, 6.45) is 2.97. The minimum absolute atomic E-state index is 0.381. The number of imidazole rings is 1. The van der Waals surface area contributed by atoms with Crippen LogP contribution in [0.25, 0.3) is 0 Å². The molecule has 1 heterocycles. The first-order chi connectivity index (χ1) is 10.9. The summed E-state index contributed by atoms with van der Waals surface area (Å²) in [5.74, 6) is 1.61. The van der Waals surface area contributed by atoms with Gasteiger partial charge in [-0.3, -0.25) is 0 Å². The van der Waals surface area contributed by atoms with Gasteiger partial charge in [0.2, 0.25) is 0 Å². The van der Waals surface area contributed by atoms with Crippen LogP contribution in [0.5, 0.6) is 0 Å². The molecule has 1 aromatic heterocycles.